The maximum Gasteiger partial charge on any atom is 0.317 e. The fraction of sp³-hybridized carbons (Fsp3) is 0.556. The number of carbonyl (C=O) groups excluding carboxylic acids is 2. The summed E-state index contributed by atoms with van der Waals surface area (Å²) in [7, 11) is 0. The largest absolute Gasteiger partial charge is 0.393 e. The third-order valence-electron chi connectivity index (χ3n) is 5.01. The molecule has 2 aliphatic heterocycles. The normalized spacial score (nSPS) is 22.1. The molecule has 1 aromatic rings. The van der Waals surface area contributed by atoms with Crippen LogP contribution in [0.5, 0.6) is 0 Å². The van der Waals surface area contributed by atoms with Gasteiger partial charge < -0.3 is 20.2 Å². The molecule has 0 spiro atoms. The van der Waals surface area contributed by atoms with Crippen molar-refractivity contribution in [3.05, 3.63) is 29.3 Å². The number of nitrogens with zero attached hydrogens (tertiary/aromatic N) is 2. The Bertz CT molecular complexity index is 638. The van der Waals surface area contributed by atoms with Crippen LogP contribution in [0.1, 0.15) is 30.4 Å². The van der Waals surface area contributed by atoms with E-state index in [0.717, 1.165) is 11.3 Å². The number of urea groups is 1. The number of hydrogen-bond donors (Lipinski definition) is 2. The lowest BCUT2D eigenvalue weighted by Crippen LogP contribution is -2.49. The molecule has 2 fully saturated rings. The zero-order valence-electron chi connectivity index (χ0n) is 14.3. The smallest absolute Gasteiger partial charge is 0.317 e. The zero-order chi connectivity index (χ0) is 17.3. The fourth-order valence-corrected chi connectivity index (χ4v) is 3.28. The van der Waals surface area contributed by atoms with Crippen molar-refractivity contribution in [3.63, 3.8) is 0 Å². The lowest BCUT2D eigenvalue weighted by atomic mass is 10.1. The number of aliphatic hydroxyl groups is 1. The molecule has 130 valence electrons. The highest BCUT2D eigenvalue weighted by Gasteiger charge is 2.33. The molecule has 24 heavy (non-hydrogen) atoms. The summed E-state index contributed by atoms with van der Waals surface area (Å²) in [6, 6.07) is 5.68. The van der Waals surface area contributed by atoms with E-state index in [1.165, 1.54) is 5.56 Å². The van der Waals surface area contributed by atoms with Gasteiger partial charge >= 0.3 is 6.03 Å². The molecule has 1 aromatic carbocycles. The minimum Gasteiger partial charge on any atom is -0.393 e. The number of rotatable bonds is 2. The zero-order valence-corrected chi connectivity index (χ0v) is 14.3. The predicted molar refractivity (Wildman–Crippen MR) is 92.0 cm³/mol. The van der Waals surface area contributed by atoms with E-state index in [-0.39, 0.29) is 24.1 Å². The molecule has 0 aliphatic carbocycles. The summed E-state index contributed by atoms with van der Waals surface area (Å²) in [4.78, 5) is 28.1. The fourth-order valence-electron chi connectivity index (χ4n) is 3.28. The third-order valence-corrected chi connectivity index (χ3v) is 5.01. The van der Waals surface area contributed by atoms with Gasteiger partial charge in [-0.15, -0.1) is 0 Å². The van der Waals surface area contributed by atoms with E-state index in [2.05, 4.69) is 5.32 Å². The Morgan fingerprint density at radius 2 is 1.92 bits per heavy atom. The first-order valence-electron chi connectivity index (χ1n) is 8.55. The lowest BCUT2D eigenvalue weighted by Gasteiger charge is -2.30. The number of nitrogens with one attached hydrogen (secondary N) is 1. The monoisotopic (exact) mass is 331 g/mol. The van der Waals surface area contributed by atoms with E-state index < -0.39 is 0 Å². The molecule has 0 unspecified atom stereocenters. The van der Waals surface area contributed by atoms with E-state index >= 15 is 0 Å². The van der Waals surface area contributed by atoms with Crippen LogP contribution in [0.25, 0.3) is 0 Å². The van der Waals surface area contributed by atoms with Crippen LogP contribution in [-0.2, 0) is 4.79 Å². The highest BCUT2D eigenvalue weighted by molar-refractivity contribution is 5.96. The summed E-state index contributed by atoms with van der Waals surface area (Å²) in [5.41, 5.74) is 3.24. The average Bonchev–Trinajstić information content (AvgIpc) is 2.91. The van der Waals surface area contributed by atoms with Gasteiger partial charge in [0.1, 0.15) is 0 Å². The molecule has 3 amide bonds. The molecule has 0 bridgehead atoms. The minimum atomic E-state index is -0.303. The summed E-state index contributed by atoms with van der Waals surface area (Å²) >= 11 is 0. The van der Waals surface area contributed by atoms with Gasteiger partial charge in [0.15, 0.2) is 0 Å². The Morgan fingerprint density at radius 1 is 1.21 bits per heavy atom. The van der Waals surface area contributed by atoms with E-state index in [0.29, 0.717) is 38.9 Å². The molecule has 0 saturated carbocycles. The number of piperidine rings is 1. The van der Waals surface area contributed by atoms with Crippen LogP contribution in [0, 0.1) is 13.8 Å². The van der Waals surface area contributed by atoms with Gasteiger partial charge in [-0.3, -0.25) is 4.79 Å². The number of aliphatic hydroxyl groups excluding tert-OH is 1. The summed E-state index contributed by atoms with van der Waals surface area (Å²) in [6.45, 7) is 5.71. The average molecular weight is 331 g/mol. The second-order valence-corrected chi connectivity index (χ2v) is 6.84. The number of carbonyl (C=O) groups is 2. The van der Waals surface area contributed by atoms with E-state index in [9.17, 15) is 14.7 Å². The van der Waals surface area contributed by atoms with Crippen molar-refractivity contribution in [2.45, 2.75) is 45.3 Å². The van der Waals surface area contributed by atoms with E-state index in [1.807, 2.05) is 32.0 Å². The molecule has 2 aliphatic rings. The van der Waals surface area contributed by atoms with Gasteiger partial charge in [0.05, 0.1) is 12.1 Å². The first-order valence-corrected chi connectivity index (χ1v) is 8.55. The Morgan fingerprint density at radius 3 is 2.58 bits per heavy atom. The standard InChI is InChI=1S/C18H25N3O3/c1-12-3-4-15(9-13(12)2)21-11-14(10-17(21)23)19-18(24)20-7-5-16(22)6-8-20/h3-4,9,14,16,22H,5-8,10-11H2,1-2H3,(H,19,24)/t14-/m1/s1. The van der Waals surface area contributed by atoms with Gasteiger partial charge in [-0.25, -0.2) is 4.79 Å². The van der Waals surface area contributed by atoms with Crippen LogP contribution >= 0.6 is 0 Å². The number of anilines is 1. The molecule has 6 nitrogen and oxygen atoms in total. The van der Waals surface area contributed by atoms with E-state index in [1.54, 1.807) is 9.80 Å². The van der Waals surface area contributed by atoms with E-state index in [4.69, 9.17) is 0 Å². The van der Waals surface area contributed by atoms with Gasteiger partial charge in [0.2, 0.25) is 5.91 Å². The van der Waals surface area contributed by atoms with Crippen LogP contribution < -0.4 is 10.2 Å². The van der Waals surface area contributed by atoms with Crippen molar-refractivity contribution in [2.75, 3.05) is 24.5 Å². The number of benzene rings is 1. The number of aryl methyl sites for hydroxylation is 2. The third kappa shape index (κ3) is 3.53. The summed E-state index contributed by atoms with van der Waals surface area (Å²) < 4.78 is 0. The van der Waals surface area contributed by atoms with Crippen LogP contribution in [0.15, 0.2) is 18.2 Å². The maximum atomic E-state index is 12.3. The Labute approximate surface area is 142 Å². The molecule has 6 heteroatoms. The van der Waals surface area contributed by atoms with Crippen LogP contribution in [0.3, 0.4) is 0 Å². The molecular formula is C18H25N3O3. The first-order chi connectivity index (χ1) is 11.4. The van der Waals surface area contributed by atoms with Crippen molar-refractivity contribution in [1.29, 1.82) is 0 Å². The first kappa shape index (κ1) is 16.8. The van der Waals surface area contributed by atoms with Gasteiger partial charge in [0, 0.05) is 31.7 Å². The maximum absolute atomic E-state index is 12.3. The lowest BCUT2D eigenvalue weighted by molar-refractivity contribution is -0.117. The molecule has 2 saturated heterocycles. The summed E-state index contributed by atoms with van der Waals surface area (Å²) in [6.07, 6.45) is 1.26. The quantitative estimate of drug-likeness (QED) is 0.864. The van der Waals surface area contributed by atoms with Crippen LogP contribution in [-0.4, -0.2) is 53.7 Å². The van der Waals surface area contributed by atoms with Crippen molar-refractivity contribution in [3.8, 4) is 0 Å². The van der Waals surface area contributed by atoms with Gasteiger partial charge in [-0.05, 0) is 49.9 Å². The molecule has 0 radical (unpaired) electrons. The highest BCUT2D eigenvalue weighted by atomic mass is 16.3. The van der Waals surface area contributed by atoms with Crippen LogP contribution in [0.2, 0.25) is 0 Å². The molecule has 1 atom stereocenters. The molecular weight excluding hydrogens is 306 g/mol. The Hall–Kier alpha value is -2.08. The molecule has 2 heterocycles. The number of amides is 3. The van der Waals surface area contributed by atoms with Crippen LogP contribution in [0.4, 0.5) is 10.5 Å². The molecule has 2 N–H and O–H groups in total. The molecule has 3 rings (SSSR count). The predicted octanol–water partition coefficient (Wildman–Crippen LogP) is 1.58. The molecule has 0 aromatic heterocycles. The Balaban J connectivity index is 1.60. The van der Waals surface area contributed by atoms with Crippen molar-refractivity contribution < 1.29 is 14.7 Å². The van der Waals surface area contributed by atoms with Gasteiger partial charge in [0.25, 0.3) is 0 Å². The van der Waals surface area contributed by atoms with Crippen molar-refractivity contribution in [1.82, 2.24) is 10.2 Å². The second-order valence-electron chi connectivity index (χ2n) is 6.84. The Kier molecular flexibility index (Phi) is 4.76. The van der Waals surface area contributed by atoms with Gasteiger partial charge in [-0.2, -0.15) is 0 Å². The number of hydrogen-bond acceptors (Lipinski definition) is 3. The van der Waals surface area contributed by atoms with Crippen molar-refractivity contribution in [2.24, 2.45) is 0 Å². The second kappa shape index (κ2) is 6.81. The summed E-state index contributed by atoms with van der Waals surface area (Å²) in [5.74, 6) is 0.0395. The topological polar surface area (TPSA) is 72.9 Å². The van der Waals surface area contributed by atoms with Gasteiger partial charge in [-0.1, -0.05) is 6.07 Å². The highest BCUT2D eigenvalue weighted by Crippen LogP contribution is 2.24. The number of likely N-dealkylation sites (tertiary alicyclic amines) is 1. The SMILES string of the molecule is Cc1ccc(N2C[C@H](NC(=O)N3CCC(O)CC3)CC2=O)cc1C. The summed E-state index contributed by atoms with van der Waals surface area (Å²) in [5, 5.41) is 12.5. The van der Waals surface area contributed by atoms with Crippen molar-refractivity contribution >= 4 is 17.6 Å². The minimum absolute atomic E-state index is 0.0395.